The summed E-state index contributed by atoms with van der Waals surface area (Å²) < 4.78 is 11.6. The van der Waals surface area contributed by atoms with Crippen LogP contribution in [0.5, 0.6) is 11.5 Å². The van der Waals surface area contributed by atoms with Crippen molar-refractivity contribution in [2.45, 2.75) is 20.5 Å². The van der Waals surface area contributed by atoms with E-state index in [9.17, 15) is 14.4 Å². The van der Waals surface area contributed by atoms with Crippen LogP contribution in [-0.4, -0.2) is 24.5 Å². The number of anilines is 1. The molecule has 0 atom stereocenters. The van der Waals surface area contributed by atoms with Crippen LogP contribution in [0.25, 0.3) is 6.08 Å². The summed E-state index contributed by atoms with van der Waals surface area (Å²) in [5.74, 6) is -0.694. The van der Waals surface area contributed by atoms with Crippen LogP contribution in [0.15, 0.2) is 60.2 Å². The monoisotopic (exact) mass is 558 g/mol. The fraction of sp³-hybridized carbons (Fsp3) is 0.148. The highest BCUT2D eigenvalue weighted by Crippen LogP contribution is 2.33. The SMILES string of the molecule is CCOc1cc(/C=C2\C(=O)NC(=O)N(c3cccc(Cl)c3C)C2=O)ccc1OCc1ccc(Cl)c(Cl)c1. The maximum Gasteiger partial charge on any atom is 0.335 e. The lowest BCUT2D eigenvalue weighted by Gasteiger charge is -2.27. The van der Waals surface area contributed by atoms with Crippen LogP contribution in [0, 0.1) is 6.92 Å². The maximum absolute atomic E-state index is 13.3. The lowest BCUT2D eigenvalue weighted by Crippen LogP contribution is -2.54. The molecule has 1 heterocycles. The highest BCUT2D eigenvalue weighted by Gasteiger charge is 2.37. The Hall–Kier alpha value is -3.52. The number of rotatable bonds is 7. The average molecular weight is 560 g/mol. The molecular formula is C27H21Cl3N2O5. The molecule has 37 heavy (non-hydrogen) atoms. The summed E-state index contributed by atoms with van der Waals surface area (Å²) >= 11 is 18.2. The van der Waals surface area contributed by atoms with Crippen molar-refractivity contribution in [2.75, 3.05) is 11.5 Å². The van der Waals surface area contributed by atoms with Crippen LogP contribution in [-0.2, 0) is 16.2 Å². The quantitative estimate of drug-likeness (QED) is 0.260. The van der Waals surface area contributed by atoms with Gasteiger partial charge >= 0.3 is 6.03 Å². The van der Waals surface area contributed by atoms with Gasteiger partial charge in [-0.1, -0.05) is 53.0 Å². The van der Waals surface area contributed by atoms with Gasteiger partial charge in [0.05, 0.1) is 22.3 Å². The summed E-state index contributed by atoms with van der Waals surface area (Å²) in [5, 5.41) is 3.47. The largest absolute Gasteiger partial charge is 0.490 e. The van der Waals surface area contributed by atoms with E-state index in [1.807, 2.05) is 6.92 Å². The third-order valence-electron chi connectivity index (χ3n) is 5.54. The number of carbonyl (C=O) groups is 3. The van der Waals surface area contributed by atoms with Gasteiger partial charge in [-0.05, 0) is 73.0 Å². The first-order chi connectivity index (χ1) is 17.7. The van der Waals surface area contributed by atoms with Crippen molar-refractivity contribution in [3.8, 4) is 11.5 Å². The summed E-state index contributed by atoms with van der Waals surface area (Å²) in [4.78, 5) is 39.3. The molecule has 0 aromatic heterocycles. The predicted molar refractivity (Wildman–Crippen MR) is 144 cm³/mol. The number of benzene rings is 3. The standard InChI is InChI=1S/C27H21Cl3N2O5/c1-3-36-24-13-16(8-10-23(24)37-14-17-7-9-20(29)21(30)12-17)11-18-25(33)31-27(35)32(26(18)34)22-6-4-5-19(28)15(22)2/h4-13H,3,14H2,1-2H3,(H,31,33,35)/b18-11+. The van der Waals surface area contributed by atoms with E-state index in [1.165, 1.54) is 6.08 Å². The second-order valence-electron chi connectivity index (χ2n) is 8.02. The Morgan fingerprint density at radius 1 is 0.892 bits per heavy atom. The number of ether oxygens (including phenoxy) is 2. The number of nitrogens with zero attached hydrogens (tertiary/aromatic N) is 1. The Bertz CT molecular complexity index is 1440. The van der Waals surface area contributed by atoms with Crippen molar-refractivity contribution in [1.82, 2.24) is 5.32 Å². The first-order valence-corrected chi connectivity index (χ1v) is 12.3. The van der Waals surface area contributed by atoms with Gasteiger partial charge in [-0.3, -0.25) is 14.9 Å². The van der Waals surface area contributed by atoms with Gasteiger partial charge in [0, 0.05) is 5.02 Å². The molecule has 0 radical (unpaired) electrons. The number of carbonyl (C=O) groups excluding carboxylic acids is 3. The lowest BCUT2D eigenvalue weighted by molar-refractivity contribution is -0.122. The van der Waals surface area contributed by atoms with E-state index in [-0.39, 0.29) is 17.9 Å². The van der Waals surface area contributed by atoms with Crippen molar-refractivity contribution in [3.63, 3.8) is 0 Å². The fourth-order valence-electron chi connectivity index (χ4n) is 3.67. The average Bonchev–Trinajstić information content (AvgIpc) is 2.86. The smallest absolute Gasteiger partial charge is 0.335 e. The predicted octanol–water partition coefficient (Wildman–Crippen LogP) is 6.60. The third kappa shape index (κ3) is 5.74. The van der Waals surface area contributed by atoms with Gasteiger partial charge in [0.15, 0.2) is 11.5 Å². The first-order valence-electron chi connectivity index (χ1n) is 11.2. The molecule has 0 aliphatic carbocycles. The van der Waals surface area contributed by atoms with Crippen molar-refractivity contribution in [2.24, 2.45) is 0 Å². The van der Waals surface area contributed by atoms with E-state index < -0.39 is 17.8 Å². The molecule has 0 saturated carbocycles. The molecule has 3 aromatic rings. The molecule has 4 rings (SSSR count). The highest BCUT2D eigenvalue weighted by atomic mass is 35.5. The summed E-state index contributed by atoms with van der Waals surface area (Å²) in [6.07, 6.45) is 1.39. The second-order valence-corrected chi connectivity index (χ2v) is 9.24. The Kier molecular flexibility index (Phi) is 8.07. The van der Waals surface area contributed by atoms with Gasteiger partial charge in [-0.15, -0.1) is 0 Å². The zero-order valence-electron chi connectivity index (χ0n) is 19.8. The molecular weight excluding hydrogens is 539 g/mol. The minimum absolute atomic E-state index is 0.217. The molecule has 1 aliphatic heterocycles. The molecule has 10 heteroatoms. The maximum atomic E-state index is 13.3. The number of hydrogen-bond donors (Lipinski definition) is 1. The highest BCUT2D eigenvalue weighted by molar-refractivity contribution is 6.42. The number of imide groups is 2. The van der Waals surface area contributed by atoms with Crippen LogP contribution < -0.4 is 19.7 Å². The van der Waals surface area contributed by atoms with E-state index in [0.717, 1.165) is 10.5 Å². The lowest BCUT2D eigenvalue weighted by atomic mass is 10.1. The molecule has 190 valence electrons. The molecule has 1 saturated heterocycles. The van der Waals surface area contributed by atoms with Gasteiger partial charge in [-0.2, -0.15) is 0 Å². The number of nitrogens with one attached hydrogen (secondary N) is 1. The Morgan fingerprint density at radius 2 is 1.68 bits per heavy atom. The minimum Gasteiger partial charge on any atom is -0.490 e. The van der Waals surface area contributed by atoms with E-state index in [1.54, 1.807) is 61.5 Å². The van der Waals surface area contributed by atoms with Gasteiger partial charge in [0.1, 0.15) is 12.2 Å². The number of halogens is 3. The van der Waals surface area contributed by atoms with Crippen molar-refractivity contribution >= 4 is 64.4 Å². The van der Waals surface area contributed by atoms with Crippen LogP contribution in [0.2, 0.25) is 15.1 Å². The minimum atomic E-state index is -0.849. The molecule has 0 spiro atoms. The summed E-state index contributed by atoms with van der Waals surface area (Å²) in [7, 11) is 0. The van der Waals surface area contributed by atoms with Gasteiger partial charge in [-0.25, -0.2) is 9.69 Å². The number of barbiturate groups is 1. The molecule has 3 aromatic carbocycles. The molecule has 1 fully saturated rings. The summed E-state index contributed by atoms with van der Waals surface area (Å²) in [5.41, 5.74) is 1.92. The number of amides is 4. The third-order valence-corrected chi connectivity index (χ3v) is 6.69. The Balaban J connectivity index is 1.63. The van der Waals surface area contributed by atoms with Crippen molar-refractivity contribution in [1.29, 1.82) is 0 Å². The zero-order chi connectivity index (χ0) is 26.7. The molecule has 1 N–H and O–H groups in total. The van der Waals surface area contributed by atoms with Gasteiger partial charge in [0.25, 0.3) is 11.8 Å². The van der Waals surface area contributed by atoms with Crippen LogP contribution in [0.4, 0.5) is 10.5 Å². The van der Waals surface area contributed by atoms with Crippen LogP contribution in [0.3, 0.4) is 0 Å². The van der Waals surface area contributed by atoms with E-state index in [4.69, 9.17) is 44.3 Å². The second kappa shape index (κ2) is 11.3. The van der Waals surface area contributed by atoms with Gasteiger partial charge < -0.3 is 9.47 Å². The summed E-state index contributed by atoms with van der Waals surface area (Å²) in [6.45, 7) is 4.08. The first kappa shape index (κ1) is 26.5. The van der Waals surface area contributed by atoms with Crippen LogP contribution in [0.1, 0.15) is 23.6 Å². The number of hydrogen-bond acceptors (Lipinski definition) is 5. The zero-order valence-corrected chi connectivity index (χ0v) is 22.1. The summed E-state index contributed by atoms with van der Waals surface area (Å²) in [6, 6.07) is 14.2. The van der Waals surface area contributed by atoms with Crippen molar-refractivity contribution < 1.29 is 23.9 Å². The topological polar surface area (TPSA) is 84.9 Å². The fourth-order valence-corrected chi connectivity index (χ4v) is 4.16. The Labute approximate surface area is 228 Å². The normalized spacial score (nSPS) is 14.7. The number of urea groups is 1. The van der Waals surface area contributed by atoms with Crippen LogP contribution >= 0.6 is 34.8 Å². The molecule has 4 amide bonds. The van der Waals surface area contributed by atoms with E-state index in [2.05, 4.69) is 5.32 Å². The molecule has 0 unspecified atom stereocenters. The van der Waals surface area contributed by atoms with Crippen molar-refractivity contribution in [3.05, 3.63) is 91.9 Å². The van der Waals surface area contributed by atoms with E-state index >= 15 is 0 Å². The molecule has 0 bridgehead atoms. The van der Waals surface area contributed by atoms with E-state index in [0.29, 0.717) is 44.3 Å². The molecule has 1 aliphatic rings. The Morgan fingerprint density at radius 3 is 2.41 bits per heavy atom. The van der Waals surface area contributed by atoms with Gasteiger partial charge in [0.2, 0.25) is 0 Å². The molecule has 7 nitrogen and oxygen atoms in total.